The van der Waals surface area contributed by atoms with E-state index in [4.69, 9.17) is 9.47 Å². The fourth-order valence-electron chi connectivity index (χ4n) is 5.97. The van der Waals surface area contributed by atoms with Crippen molar-refractivity contribution in [3.8, 4) is 45.6 Å². The number of para-hydroxylation sites is 2. The van der Waals surface area contributed by atoms with Gasteiger partial charge in [-0.25, -0.2) is 0 Å². The molecule has 6 aromatic rings. The lowest BCUT2D eigenvalue weighted by atomic mass is 9.67. The Kier molecular flexibility index (Phi) is 5.94. The van der Waals surface area contributed by atoms with Crippen LogP contribution in [0.1, 0.15) is 22.3 Å². The van der Waals surface area contributed by atoms with Crippen molar-refractivity contribution in [2.24, 2.45) is 0 Å². The molecule has 0 saturated carbocycles. The van der Waals surface area contributed by atoms with E-state index in [1.54, 1.807) is 48.5 Å². The number of hydrogen-bond donors (Lipinski definition) is 2. The van der Waals surface area contributed by atoms with Gasteiger partial charge in [-0.05, 0) is 82.9 Å². The Morgan fingerprint density at radius 3 is 1.12 bits per heavy atom. The molecule has 4 heteroatoms. The van der Waals surface area contributed by atoms with E-state index < -0.39 is 5.41 Å². The fraction of sp³-hybridized carbons (Fsp3) is 0.0270. The van der Waals surface area contributed by atoms with E-state index in [1.165, 1.54) is 0 Å². The maximum Gasteiger partial charge on any atom is 0.132 e. The van der Waals surface area contributed by atoms with Gasteiger partial charge in [-0.2, -0.15) is 0 Å². The van der Waals surface area contributed by atoms with Crippen LogP contribution in [0.2, 0.25) is 0 Å². The molecule has 0 amide bonds. The Labute approximate surface area is 238 Å². The topological polar surface area (TPSA) is 58.9 Å². The van der Waals surface area contributed by atoms with Gasteiger partial charge < -0.3 is 19.7 Å². The highest BCUT2D eigenvalue weighted by molar-refractivity contribution is 5.87. The predicted octanol–water partition coefficient (Wildman–Crippen LogP) is 9.05. The number of fused-ring (bicyclic) bond motifs is 3. The van der Waals surface area contributed by atoms with Crippen molar-refractivity contribution in [3.05, 3.63) is 168 Å². The molecule has 0 fully saturated rings. The molecule has 198 valence electrons. The van der Waals surface area contributed by atoms with Crippen LogP contribution in [0.3, 0.4) is 0 Å². The van der Waals surface area contributed by atoms with E-state index in [-0.39, 0.29) is 11.5 Å². The molecule has 0 bridgehead atoms. The fourth-order valence-corrected chi connectivity index (χ4v) is 5.97. The van der Waals surface area contributed by atoms with Gasteiger partial charge >= 0.3 is 0 Å². The largest absolute Gasteiger partial charge is 0.508 e. The first-order chi connectivity index (χ1) is 20.1. The predicted molar refractivity (Wildman–Crippen MR) is 160 cm³/mol. The Morgan fingerprint density at radius 1 is 0.366 bits per heavy atom. The van der Waals surface area contributed by atoms with E-state index in [0.29, 0.717) is 23.0 Å². The van der Waals surface area contributed by atoms with Crippen LogP contribution in [0.15, 0.2) is 146 Å². The molecule has 7 rings (SSSR count). The van der Waals surface area contributed by atoms with Crippen LogP contribution in [0.25, 0.3) is 11.1 Å². The minimum absolute atomic E-state index is 0.182. The summed E-state index contributed by atoms with van der Waals surface area (Å²) in [6.07, 6.45) is 0. The molecule has 4 nitrogen and oxygen atoms in total. The SMILES string of the molecule is Oc1ccc(Oc2ccccc2C2(c3ccccc3Oc3ccc(O)cc3)c3ccccc3-c3ccccc32)cc1. The van der Waals surface area contributed by atoms with E-state index in [9.17, 15) is 10.2 Å². The standard InChI is InChI=1S/C37H26O4/c38-25-17-21-27(22-18-25)40-35-15-7-5-13-33(35)37(31-11-3-1-9-29(31)30-10-2-4-12-32(30)37)34-14-6-8-16-36(34)41-28-23-19-26(39)20-24-28/h1-24,38-39H. The molecule has 0 aromatic heterocycles. The number of hydrogen-bond acceptors (Lipinski definition) is 4. The number of phenolic OH excluding ortho intramolecular Hbond substituents is 2. The van der Waals surface area contributed by atoms with Gasteiger partial charge in [-0.3, -0.25) is 0 Å². The average molecular weight is 535 g/mol. The maximum atomic E-state index is 9.84. The van der Waals surface area contributed by atoms with Gasteiger partial charge in [-0.1, -0.05) is 84.9 Å². The summed E-state index contributed by atoms with van der Waals surface area (Å²) < 4.78 is 13.1. The molecule has 0 spiro atoms. The smallest absolute Gasteiger partial charge is 0.132 e. The lowest BCUT2D eigenvalue weighted by Crippen LogP contribution is -2.29. The molecule has 0 unspecified atom stereocenters. The summed E-state index contributed by atoms with van der Waals surface area (Å²) in [5.74, 6) is 3.01. The molecule has 6 aromatic carbocycles. The third kappa shape index (κ3) is 4.09. The zero-order valence-electron chi connectivity index (χ0n) is 22.1. The quantitative estimate of drug-likeness (QED) is 0.223. The van der Waals surface area contributed by atoms with Gasteiger partial charge in [0.25, 0.3) is 0 Å². The van der Waals surface area contributed by atoms with Gasteiger partial charge in [0.15, 0.2) is 0 Å². The summed E-state index contributed by atoms with van der Waals surface area (Å²) in [5, 5.41) is 19.7. The second kappa shape index (κ2) is 9.92. The third-order valence-corrected chi connectivity index (χ3v) is 7.66. The molecule has 41 heavy (non-hydrogen) atoms. The average Bonchev–Trinajstić information content (AvgIpc) is 3.31. The second-order valence-corrected chi connectivity index (χ2v) is 10.0. The number of rotatable bonds is 6. The Hall–Kier alpha value is -5.48. The molecule has 0 atom stereocenters. The van der Waals surface area contributed by atoms with E-state index in [0.717, 1.165) is 33.4 Å². The first-order valence-electron chi connectivity index (χ1n) is 13.5. The van der Waals surface area contributed by atoms with Gasteiger partial charge in [-0.15, -0.1) is 0 Å². The van der Waals surface area contributed by atoms with Gasteiger partial charge in [0, 0.05) is 11.1 Å². The first-order valence-corrected chi connectivity index (χ1v) is 13.5. The van der Waals surface area contributed by atoms with Crippen LogP contribution >= 0.6 is 0 Å². The minimum Gasteiger partial charge on any atom is -0.508 e. The van der Waals surface area contributed by atoms with Crippen molar-refractivity contribution >= 4 is 0 Å². The Morgan fingerprint density at radius 2 is 0.707 bits per heavy atom. The highest BCUT2D eigenvalue weighted by atomic mass is 16.5. The summed E-state index contributed by atoms with van der Waals surface area (Å²) >= 11 is 0. The van der Waals surface area contributed by atoms with E-state index in [1.807, 2.05) is 36.4 Å². The van der Waals surface area contributed by atoms with Gasteiger partial charge in [0.2, 0.25) is 0 Å². The summed E-state index contributed by atoms with van der Waals surface area (Å²) in [6, 6.07) is 46.7. The van der Waals surface area contributed by atoms with Crippen LogP contribution in [0, 0.1) is 0 Å². The van der Waals surface area contributed by atoms with Crippen LogP contribution in [0.4, 0.5) is 0 Å². The first kappa shape index (κ1) is 24.6. The number of ether oxygens (including phenoxy) is 2. The van der Waals surface area contributed by atoms with Gasteiger partial charge in [0.05, 0.1) is 5.41 Å². The monoisotopic (exact) mass is 534 g/mol. The summed E-state index contributed by atoms with van der Waals surface area (Å²) in [6.45, 7) is 0. The van der Waals surface area contributed by atoms with Crippen molar-refractivity contribution in [1.82, 2.24) is 0 Å². The number of aromatic hydroxyl groups is 2. The summed E-state index contributed by atoms with van der Waals surface area (Å²) in [7, 11) is 0. The van der Waals surface area contributed by atoms with Crippen molar-refractivity contribution in [1.29, 1.82) is 0 Å². The zero-order valence-corrected chi connectivity index (χ0v) is 22.1. The second-order valence-electron chi connectivity index (χ2n) is 10.0. The number of phenols is 2. The van der Waals surface area contributed by atoms with E-state index in [2.05, 4.69) is 60.7 Å². The normalized spacial score (nSPS) is 12.8. The van der Waals surface area contributed by atoms with Gasteiger partial charge in [0.1, 0.15) is 34.5 Å². The summed E-state index contributed by atoms with van der Waals surface area (Å²) in [4.78, 5) is 0. The van der Waals surface area contributed by atoms with Crippen LogP contribution in [0.5, 0.6) is 34.5 Å². The van der Waals surface area contributed by atoms with Crippen molar-refractivity contribution < 1.29 is 19.7 Å². The summed E-state index contributed by atoms with van der Waals surface area (Å²) in [5.41, 5.74) is 5.73. The van der Waals surface area contributed by atoms with Crippen LogP contribution in [-0.4, -0.2) is 10.2 Å². The van der Waals surface area contributed by atoms with Crippen molar-refractivity contribution in [2.45, 2.75) is 5.41 Å². The number of benzene rings is 6. The molecule has 2 N–H and O–H groups in total. The molecule has 1 aliphatic rings. The molecule has 1 aliphatic carbocycles. The molecule has 0 saturated heterocycles. The maximum absolute atomic E-state index is 9.84. The molecular weight excluding hydrogens is 508 g/mol. The lowest BCUT2D eigenvalue weighted by Gasteiger charge is -2.36. The highest BCUT2D eigenvalue weighted by Gasteiger charge is 2.49. The zero-order chi connectivity index (χ0) is 27.8. The van der Waals surface area contributed by atoms with Crippen LogP contribution in [-0.2, 0) is 5.41 Å². The Balaban J connectivity index is 1.52. The third-order valence-electron chi connectivity index (χ3n) is 7.66. The molecular formula is C37H26O4. The highest BCUT2D eigenvalue weighted by Crippen LogP contribution is 2.59. The molecule has 0 aliphatic heterocycles. The lowest BCUT2D eigenvalue weighted by molar-refractivity contribution is 0.450. The molecule has 0 heterocycles. The minimum atomic E-state index is -0.770. The van der Waals surface area contributed by atoms with Crippen molar-refractivity contribution in [2.75, 3.05) is 0 Å². The van der Waals surface area contributed by atoms with Crippen molar-refractivity contribution in [3.63, 3.8) is 0 Å². The Bertz CT molecular complexity index is 1720. The van der Waals surface area contributed by atoms with Crippen LogP contribution < -0.4 is 9.47 Å². The molecule has 0 radical (unpaired) electrons. The van der Waals surface area contributed by atoms with E-state index >= 15 is 0 Å².